The van der Waals surface area contributed by atoms with Gasteiger partial charge < -0.3 is 5.32 Å². The fraction of sp³-hybridized carbons (Fsp3) is 0.667. The molecule has 1 atom stereocenters. The number of piperazine rings is 1. The second kappa shape index (κ2) is 9.35. The SMILES string of the molecule is CC(C(=O)NC1CCCCCC1)N1CCN(Cc2ccccc2)CC1. The van der Waals surface area contributed by atoms with Crippen LogP contribution in [0.25, 0.3) is 0 Å². The van der Waals surface area contributed by atoms with Gasteiger partial charge in [-0.15, -0.1) is 0 Å². The summed E-state index contributed by atoms with van der Waals surface area (Å²) in [6.07, 6.45) is 7.48. The van der Waals surface area contributed by atoms with E-state index in [4.69, 9.17) is 0 Å². The lowest BCUT2D eigenvalue weighted by Gasteiger charge is -2.37. The van der Waals surface area contributed by atoms with Crippen LogP contribution in [0.4, 0.5) is 0 Å². The Kier molecular flexibility index (Phi) is 6.88. The first kappa shape index (κ1) is 18.4. The zero-order valence-electron chi connectivity index (χ0n) is 15.6. The van der Waals surface area contributed by atoms with Crippen molar-refractivity contribution in [1.82, 2.24) is 15.1 Å². The molecule has 0 bridgehead atoms. The van der Waals surface area contributed by atoms with E-state index in [2.05, 4.69) is 52.4 Å². The van der Waals surface area contributed by atoms with Crippen molar-refractivity contribution in [3.8, 4) is 0 Å². The fourth-order valence-electron chi connectivity index (χ4n) is 4.06. The Morgan fingerprint density at radius 1 is 1.04 bits per heavy atom. The molecule has 1 saturated carbocycles. The number of amides is 1. The van der Waals surface area contributed by atoms with E-state index in [1.54, 1.807) is 0 Å². The lowest BCUT2D eigenvalue weighted by molar-refractivity contribution is -0.127. The average Bonchev–Trinajstić information content (AvgIpc) is 2.91. The van der Waals surface area contributed by atoms with Crippen molar-refractivity contribution in [3.63, 3.8) is 0 Å². The van der Waals surface area contributed by atoms with E-state index in [1.165, 1.54) is 31.2 Å². The van der Waals surface area contributed by atoms with E-state index in [1.807, 2.05) is 0 Å². The third kappa shape index (κ3) is 5.55. The third-order valence-corrected chi connectivity index (χ3v) is 5.78. The number of nitrogens with zero attached hydrogens (tertiary/aromatic N) is 2. The van der Waals surface area contributed by atoms with E-state index in [0.717, 1.165) is 45.6 Å². The van der Waals surface area contributed by atoms with Crippen molar-refractivity contribution < 1.29 is 4.79 Å². The Morgan fingerprint density at radius 2 is 1.68 bits per heavy atom. The summed E-state index contributed by atoms with van der Waals surface area (Å²) in [5.74, 6) is 0.225. The van der Waals surface area contributed by atoms with Crippen molar-refractivity contribution in [2.24, 2.45) is 0 Å². The number of carbonyl (C=O) groups is 1. The highest BCUT2D eigenvalue weighted by Gasteiger charge is 2.27. The molecule has 1 N–H and O–H groups in total. The van der Waals surface area contributed by atoms with Gasteiger partial charge in [0.1, 0.15) is 0 Å². The summed E-state index contributed by atoms with van der Waals surface area (Å²) < 4.78 is 0. The first-order valence-electron chi connectivity index (χ1n) is 10.0. The van der Waals surface area contributed by atoms with Gasteiger partial charge in [-0.2, -0.15) is 0 Å². The van der Waals surface area contributed by atoms with Gasteiger partial charge in [0.2, 0.25) is 5.91 Å². The highest BCUT2D eigenvalue weighted by Crippen LogP contribution is 2.18. The molecule has 1 saturated heterocycles. The lowest BCUT2D eigenvalue weighted by atomic mass is 10.1. The summed E-state index contributed by atoms with van der Waals surface area (Å²) in [6.45, 7) is 7.11. The van der Waals surface area contributed by atoms with Crippen LogP contribution in [0.15, 0.2) is 30.3 Å². The smallest absolute Gasteiger partial charge is 0.237 e. The van der Waals surface area contributed by atoms with Crippen LogP contribution < -0.4 is 5.32 Å². The highest BCUT2D eigenvalue weighted by molar-refractivity contribution is 5.81. The molecule has 25 heavy (non-hydrogen) atoms. The van der Waals surface area contributed by atoms with Crippen LogP contribution in [0, 0.1) is 0 Å². The van der Waals surface area contributed by atoms with E-state index >= 15 is 0 Å². The Hall–Kier alpha value is -1.39. The minimum Gasteiger partial charge on any atom is -0.352 e. The largest absolute Gasteiger partial charge is 0.352 e. The number of rotatable bonds is 5. The molecule has 1 unspecified atom stereocenters. The molecule has 1 heterocycles. The monoisotopic (exact) mass is 343 g/mol. The Bertz CT molecular complexity index is 517. The second-order valence-electron chi connectivity index (χ2n) is 7.67. The van der Waals surface area contributed by atoms with Crippen molar-refractivity contribution in [1.29, 1.82) is 0 Å². The number of hydrogen-bond donors (Lipinski definition) is 1. The van der Waals surface area contributed by atoms with Gasteiger partial charge in [0.25, 0.3) is 0 Å². The van der Waals surface area contributed by atoms with Crippen molar-refractivity contribution in [3.05, 3.63) is 35.9 Å². The Labute approximate surface area is 152 Å². The van der Waals surface area contributed by atoms with Crippen LogP contribution in [-0.2, 0) is 11.3 Å². The first-order valence-corrected chi connectivity index (χ1v) is 10.0. The lowest BCUT2D eigenvalue weighted by Crippen LogP contribution is -2.54. The predicted octanol–water partition coefficient (Wildman–Crippen LogP) is 3.03. The van der Waals surface area contributed by atoms with Gasteiger partial charge in [0.15, 0.2) is 0 Å². The molecule has 2 fully saturated rings. The van der Waals surface area contributed by atoms with E-state index in [-0.39, 0.29) is 11.9 Å². The summed E-state index contributed by atoms with van der Waals surface area (Å²) in [5.41, 5.74) is 1.37. The molecule has 1 amide bonds. The van der Waals surface area contributed by atoms with Gasteiger partial charge in [-0.1, -0.05) is 56.0 Å². The maximum atomic E-state index is 12.6. The van der Waals surface area contributed by atoms with Crippen molar-refractivity contribution in [2.45, 2.75) is 64.1 Å². The molecule has 1 aromatic carbocycles. The van der Waals surface area contributed by atoms with Gasteiger partial charge in [-0.25, -0.2) is 0 Å². The summed E-state index contributed by atoms with van der Waals surface area (Å²) in [7, 11) is 0. The molecular formula is C21H33N3O. The summed E-state index contributed by atoms with van der Waals surface area (Å²) in [5, 5.41) is 3.31. The molecule has 3 rings (SSSR count). The number of benzene rings is 1. The molecule has 4 heteroatoms. The van der Waals surface area contributed by atoms with Crippen LogP contribution in [0.3, 0.4) is 0 Å². The molecule has 0 radical (unpaired) electrons. The number of carbonyl (C=O) groups excluding carboxylic acids is 1. The molecule has 2 aliphatic rings. The minimum absolute atomic E-state index is 0.0119. The highest BCUT2D eigenvalue weighted by atomic mass is 16.2. The second-order valence-corrected chi connectivity index (χ2v) is 7.67. The van der Waals surface area contributed by atoms with Gasteiger partial charge in [-0.3, -0.25) is 14.6 Å². The van der Waals surface area contributed by atoms with E-state index in [0.29, 0.717) is 6.04 Å². The predicted molar refractivity (Wildman–Crippen MR) is 102 cm³/mol. The topological polar surface area (TPSA) is 35.6 Å². The van der Waals surface area contributed by atoms with Gasteiger partial charge in [-0.05, 0) is 25.3 Å². The molecule has 1 aliphatic carbocycles. The van der Waals surface area contributed by atoms with Gasteiger partial charge in [0, 0.05) is 38.8 Å². The van der Waals surface area contributed by atoms with Crippen LogP contribution in [-0.4, -0.2) is 54.0 Å². The quantitative estimate of drug-likeness (QED) is 0.835. The minimum atomic E-state index is -0.0119. The van der Waals surface area contributed by atoms with Crippen LogP contribution >= 0.6 is 0 Å². The summed E-state index contributed by atoms with van der Waals surface area (Å²) in [6, 6.07) is 11.0. The van der Waals surface area contributed by atoms with Crippen LogP contribution in [0.5, 0.6) is 0 Å². The Balaban J connectivity index is 1.42. The first-order chi connectivity index (χ1) is 12.2. The third-order valence-electron chi connectivity index (χ3n) is 5.78. The molecule has 138 valence electrons. The number of nitrogens with one attached hydrogen (secondary N) is 1. The van der Waals surface area contributed by atoms with Gasteiger partial charge >= 0.3 is 0 Å². The molecule has 0 spiro atoms. The zero-order valence-corrected chi connectivity index (χ0v) is 15.6. The van der Waals surface area contributed by atoms with Crippen molar-refractivity contribution in [2.75, 3.05) is 26.2 Å². The standard InChI is InChI=1S/C21H33N3O/c1-18(21(25)22-20-11-7-2-3-8-12-20)24-15-13-23(14-16-24)17-19-9-5-4-6-10-19/h4-6,9-10,18,20H,2-3,7-8,11-17H2,1H3,(H,22,25). The fourth-order valence-corrected chi connectivity index (χ4v) is 4.06. The maximum Gasteiger partial charge on any atom is 0.237 e. The average molecular weight is 344 g/mol. The van der Waals surface area contributed by atoms with Crippen LogP contribution in [0.2, 0.25) is 0 Å². The summed E-state index contributed by atoms with van der Waals surface area (Å²) >= 11 is 0. The molecule has 0 aromatic heterocycles. The molecule has 4 nitrogen and oxygen atoms in total. The molecular weight excluding hydrogens is 310 g/mol. The molecule has 1 aromatic rings. The van der Waals surface area contributed by atoms with Crippen LogP contribution in [0.1, 0.15) is 51.0 Å². The van der Waals surface area contributed by atoms with Crippen molar-refractivity contribution >= 4 is 5.91 Å². The van der Waals surface area contributed by atoms with Gasteiger partial charge in [0.05, 0.1) is 6.04 Å². The normalized spacial score (nSPS) is 22.3. The van der Waals surface area contributed by atoms with E-state index in [9.17, 15) is 4.79 Å². The zero-order chi connectivity index (χ0) is 17.5. The number of hydrogen-bond acceptors (Lipinski definition) is 3. The maximum absolute atomic E-state index is 12.6. The summed E-state index contributed by atoms with van der Waals surface area (Å²) in [4.78, 5) is 17.5. The Morgan fingerprint density at radius 3 is 2.32 bits per heavy atom. The molecule has 1 aliphatic heterocycles. The van der Waals surface area contributed by atoms with E-state index < -0.39 is 0 Å².